The molecule has 28 heavy (non-hydrogen) atoms. The van der Waals surface area contributed by atoms with Gasteiger partial charge in [-0.05, 0) is 30.7 Å². The van der Waals surface area contributed by atoms with Crippen molar-refractivity contribution >= 4 is 27.7 Å². The first kappa shape index (κ1) is 19.0. The first-order valence-corrected chi connectivity index (χ1v) is 10.2. The molecular formula is C23H29N3O2. The number of fused-ring (bicyclic) bond motifs is 3. The Morgan fingerprint density at radius 3 is 2.50 bits per heavy atom. The van der Waals surface area contributed by atoms with Crippen LogP contribution in [0.5, 0.6) is 0 Å². The minimum Gasteiger partial charge on any atom is -0.384 e. The van der Waals surface area contributed by atoms with Crippen molar-refractivity contribution in [1.82, 2.24) is 14.4 Å². The Morgan fingerprint density at radius 1 is 1.00 bits per heavy atom. The number of benzene rings is 2. The van der Waals surface area contributed by atoms with Crippen LogP contribution in [0.2, 0.25) is 0 Å². The number of hydrogen-bond donors (Lipinski definition) is 0. The lowest BCUT2D eigenvalue weighted by atomic mass is 10.1. The van der Waals surface area contributed by atoms with Crippen LogP contribution in [0.25, 0.3) is 21.8 Å². The van der Waals surface area contributed by atoms with Crippen LogP contribution in [0, 0.1) is 0 Å². The number of aryl methyl sites for hydroxylation is 1. The summed E-state index contributed by atoms with van der Waals surface area (Å²) in [6.07, 6.45) is 0.481. The van der Waals surface area contributed by atoms with E-state index in [-0.39, 0.29) is 5.91 Å². The second-order valence-corrected chi connectivity index (χ2v) is 7.51. The molecule has 3 aromatic rings. The maximum atomic E-state index is 12.1. The Morgan fingerprint density at radius 2 is 1.75 bits per heavy atom. The van der Waals surface area contributed by atoms with Gasteiger partial charge in [0.1, 0.15) is 0 Å². The van der Waals surface area contributed by atoms with Crippen molar-refractivity contribution < 1.29 is 9.53 Å². The standard InChI is InChI=1S/C23H29N3O2/c1-3-26-21-7-5-4-6-19(21)20-16-18(8-9-22(20)26)17-24-11-13-25(14-12-24)23(27)10-15-28-2/h4-9,16H,3,10-15,17H2,1-2H3. The molecule has 1 aliphatic rings. The second-order valence-electron chi connectivity index (χ2n) is 7.51. The average molecular weight is 380 g/mol. The maximum absolute atomic E-state index is 12.1. The average Bonchev–Trinajstić information content (AvgIpc) is 3.05. The van der Waals surface area contributed by atoms with Crippen molar-refractivity contribution in [2.75, 3.05) is 39.9 Å². The Labute approximate surface area is 166 Å². The fourth-order valence-electron chi connectivity index (χ4n) is 4.30. The van der Waals surface area contributed by atoms with Gasteiger partial charge in [-0.1, -0.05) is 24.3 Å². The van der Waals surface area contributed by atoms with E-state index in [4.69, 9.17) is 4.74 Å². The van der Waals surface area contributed by atoms with Gasteiger partial charge in [-0.2, -0.15) is 0 Å². The van der Waals surface area contributed by atoms with Gasteiger partial charge >= 0.3 is 0 Å². The summed E-state index contributed by atoms with van der Waals surface area (Å²) in [5.74, 6) is 0.204. The number of carbonyl (C=O) groups is 1. The van der Waals surface area contributed by atoms with Crippen LogP contribution in [0.1, 0.15) is 18.9 Å². The zero-order valence-corrected chi connectivity index (χ0v) is 16.9. The number of ether oxygens (including phenoxy) is 1. The van der Waals surface area contributed by atoms with Gasteiger partial charge in [-0.25, -0.2) is 0 Å². The van der Waals surface area contributed by atoms with E-state index >= 15 is 0 Å². The maximum Gasteiger partial charge on any atom is 0.224 e. The number of piperazine rings is 1. The van der Waals surface area contributed by atoms with Gasteiger partial charge < -0.3 is 14.2 Å². The van der Waals surface area contributed by atoms with Crippen LogP contribution in [0.4, 0.5) is 0 Å². The van der Waals surface area contributed by atoms with E-state index in [1.807, 2.05) is 4.90 Å². The van der Waals surface area contributed by atoms with Crippen molar-refractivity contribution in [3.05, 3.63) is 48.0 Å². The molecule has 0 atom stereocenters. The highest BCUT2D eigenvalue weighted by Crippen LogP contribution is 2.30. The summed E-state index contributed by atoms with van der Waals surface area (Å²) in [5, 5.41) is 2.66. The molecule has 0 radical (unpaired) electrons. The summed E-state index contributed by atoms with van der Waals surface area (Å²) >= 11 is 0. The summed E-state index contributed by atoms with van der Waals surface area (Å²) in [6.45, 7) is 8.07. The molecule has 4 rings (SSSR count). The molecule has 2 aromatic carbocycles. The van der Waals surface area contributed by atoms with E-state index in [1.54, 1.807) is 7.11 Å². The van der Waals surface area contributed by atoms with Crippen molar-refractivity contribution in [3.8, 4) is 0 Å². The molecule has 148 valence electrons. The zero-order valence-electron chi connectivity index (χ0n) is 16.9. The lowest BCUT2D eigenvalue weighted by Crippen LogP contribution is -2.48. The third-order valence-corrected chi connectivity index (χ3v) is 5.80. The lowest BCUT2D eigenvalue weighted by molar-refractivity contribution is -0.133. The highest BCUT2D eigenvalue weighted by molar-refractivity contribution is 6.08. The minimum absolute atomic E-state index is 0.204. The van der Waals surface area contributed by atoms with Crippen LogP contribution in [-0.2, 0) is 22.6 Å². The molecule has 1 saturated heterocycles. The molecular weight excluding hydrogens is 350 g/mol. The molecule has 1 aromatic heterocycles. The molecule has 0 aliphatic carbocycles. The summed E-state index contributed by atoms with van der Waals surface area (Å²) in [4.78, 5) is 16.6. The van der Waals surface area contributed by atoms with Crippen molar-refractivity contribution in [2.45, 2.75) is 26.4 Å². The molecule has 5 nitrogen and oxygen atoms in total. The number of methoxy groups -OCH3 is 1. The van der Waals surface area contributed by atoms with Crippen molar-refractivity contribution in [3.63, 3.8) is 0 Å². The number of rotatable bonds is 6. The Bertz CT molecular complexity index is 971. The quantitative estimate of drug-likeness (QED) is 0.658. The van der Waals surface area contributed by atoms with Gasteiger partial charge in [0, 0.05) is 68.2 Å². The van der Waals surface area contributed by atoms with Gasteiger partial charge in [0.05, 0.1) is 13.0 Å². The first-order valence-electron chi connectivity index (χ1n) is 10.2. The highest BCUT2D eigenvalue weighted by atomic mass is 16.5. The summed E-state index contributed by atoms with van der Waals surface area (Å²) in [6, 6.07) is 15.5. The van der Waals surface area contributed by atoms with E-state index < -0.39 is 0 Å². The minimum atomic E-state index is 0.204. The van der Waals surface area contributed by atoms with E-state index in [0.29, 0.717) is 13.0 Å². The normalized spacial score (nSPS) is 15.6. The van der Waals surface area contributed by atoms with E-state index in [9.17, 15) is 4.79 Å². The monoisotopic (exact) mass is 379 g/mol. The van der Waals surface area contributed by atoms with Crippen molar-refractivity contribution in [2.24, 2.45) is 0 Å². The van der Waals surface area contributed by atoms with Gasteiger partial charge in [0.2, 0.25) is 5.91 Å². The first-order chi connectivity index (χ1) is 13.7. The predicted molar refractivity (Wildman–Crippen MR) is 113 cm³/mol. The lowest BCUT2D eigenvalue weighted by Gasteiger charge is -2.34. The topological polar surface area (TPSA) is 37.7 Å². The summed E-state index contributed by atoms with van der Waals surface area (Å²) < 4.78 is 7.41. The van der Waals surface area contributed by atoms with Crippen molar-refractivity contribution in [1.29, 1.82) is 0 Å². The fraction of sp³-hybridized carbons (Fsp3) is 0.435. The largest absolute Gasteiger partial charge is 0.384 e. The third-order valence-electron chi connectivity index (χ3n) is 5.80. The molecule has 0 bridgehead atoms. The van der Waals surface area contributed by atoms with Crippen LogP contribution < -0.4 is 0 Å². The van der Waals surface area contributed by atoms with E-state index in [0.717, 1.165) is 39.3 Å². The van der Waals surface area contributed by atoms with Crippen LogP contribution in [0.3, 0.4) is 0 Å². The molecule has 1 fully saturated rings. The molecule has 1 aliphatic heterocycles. The SMILES string of the molecule is CCn1c2ccccc2c2cc(CN3CCN(C(=O)CCOC)CC3)ccc21. The number of hydrogen-bond acceptors (Lipinski definition) is 3. The molecule has 2 heterocycles. The van der Waals surface area contributed by atoms with Crippen LogP contribution >= 0.6 is 0 Å². The second kappa shape index (κ2) is 8.33. The number of nitrogens with zero attached hydrogens (tertiary/aromatic N) is 3. The summed E-state index contributed by atoms with van der Waals surface area (Å²) in [5.41, 5.74) is 3.95. The molecule has 5 heteroatoms. The molecule has 0 N–H and O–H groups in total. The molecule has 1 amide bonds. The number of para-hydroxylation sites is 1. The Balaban J connectivity index is 1.47. The van der Waals surface area contributed by atoms with E-state index in [2.05, 4.69) is 58.9 Å². The van der Waals surface area contributed by atoms with Crippen LogP contribution in [-0.4, -0.2) is 60.2 Å². The predicted octanol–water partition coefficient (Wildman–Crippen LogP) is 3.50. The summed E-state index contributed by atoms with van der Waals surface area (Å²) in [7, 11) is 1.64. The number of amides is 1. The highest BCUT2D eigenvalue weighted by Gasteiger charge is 2.21. The van der Waals surface area contributed by atoms with E-state index in [1.165, 1.54) is 27.4 Å². The molecule has 0 unspecified atom stereocenters. The fourth-order valence-corrected chi connectivity index (χ4v) is 4.30. The Kier molecular flexibility index (Phi) is 5.64. The van der Waals surface area contributed by atoms with Gasteiger partial charge in [-0.3, -0.25) is 9.69 Å². The zero-order chi connectivity index (χ0) is 19.5. The Hall–Kier alpha value is -2.37. The smallest absolute Gasteiger partial charge is 0.224 e. The van der Waals surface area contributed by atoms with Crippen LogP contribution in [0.15, 0.2) is 42.5 Å². The molecule has 0 spiro atoms. The van der Waals surface area contributed by atoms with Gasteiger partial charge in [0.15, 0.2) is 0 Å². The molecule has 0 saturated carbocycles. The number of carbonyl (C=O) groups excluding carboxylic acids is 1. The van der Waals surface area contributed by atoms with Gasteiger partial charge in [0.25, 0.3) is 0 Å². The third kappa shape index (κ3) is 3.64. The number of aromatic nitrogens is 1. The van der Waals surface area contributed by atoms with Gasteiger partial charge in [-0.15, -0.1) is 0 Å².